The minimum atomic E-state index is 1.07. The third-order valence-corrected chi connectivity index (χ3v) is 0.842. The van der Waals surface area contributed by atoms with E-state index in [1.165, 1.54) is 0 Å². The van der Waals surface area contributed by atoms with E-state index in [1.54, 1.807) is 6.08 Å². The zero-order valence-corrected chi connectivity index (χ0v) is 4.02. The summed E-state index contributed by atoms with van der Waals surface area (Å²) in [7, 11) is 0. The zero-order chi connectivity index (χ0) is 5.11. The molecule has 1 rings (SSSR count). The smallest absolute Gasteiger partial charge is 0.0374 e. The fourth-order valence-electron chi connectivity index (χ4n) is 0.471. The summed E-state index contributed by atoms with van der Waals surface area (Å²) >= 11 is 0. The van der Waals surface area contributed by atoms with Gasteiger partial charge in [0.05, 0.1) is 0 Å². The van der Waals surface area contributed by atoms with Crippen molar-refractivity contribution >= 4 is 6.08 Å². The summed E-state index contributed by atoms with van der Waals surface area (Å²) in [5, 5.41) is 0. The van der Waals surface area contributed by atoms with Crippen molar-refractivity contribution in [3.8, 4) is 0 Å². The fourth-order valence-corrected chi connectivity index (χ4v) is 0.471. The number of H-pyrrole nitrogens is 1. The van der Waals surface area contributed by atoms with Crippen LogP contribution in [0, 0.1) is 0 Å². The van der Waals surface area contributed by atoms with E-state index >= 15 is 0 Å². The molecule has 7 heavy (non-hydrogen) atoms. The summed E-state index contributed by atoms with van der Waals surface area (Å²) in [6.45, 7) is 3.57. The predicted octanol–water partition coefficient (Wildman–Crippen LogP) is 1.66. The maximum atomic E-state index is 3.57. The van der Waals surface area contributed by atoms with E-state index < -0.39 is 0 Å². The van der Waals surface area contributed by atoms with Crippen molar-refractivity contribution < 1.29 is 0 Å². The van der Waals surface area contributed by atoms with Gasteiger partial charge in [-0.1, -0.05) is 6.58 Å². The molecule has 1 heteroatoms. The van der Waals surface area contributed by atoms with Crippen molar-refractivity contribution in [2.24, 2.45) is 0 Å². The van der Waals surface area contributed by atoms with Gasteiger partial charge in [-0.15, -0.1) is 0 Å². The molecule has 1 N–H and O–H groups in total. The van der Waals surface area contributed by atoms with Gasteiger partial charge in [-0.05, 0) is 18.2 Å². The van der Waals surface area contributed by atoms with Gasteiger partial charge in [0.1, 0.15) is 0 Å². The number of aromatic nitrogens is 1. The van der Waals surface area contributed by atoms with Crippen LogP contribution in [0.2, 0.25) is 0 Å². The monoisotopic (exact) mass is 93.1 g/mol. The maximum absolute atomic E-state index is 3.57. The topological polar surface area (TPSA) is 15.8 Å². The lowest BCUT2D eigenvalue weighted by atomic mass is 10.4. The standard InChI is InChI=1S/C6H7N/c1-2-6-4-3-5-7-6/h2-5,7H,1H2. The first-order valence-electron chi connectivity index (χ1n) is 2.19. The molecule has 0 amide bonds. The highest BCUT2D eigenvalue weighted by Crippen LogP contribution is 1.92. The molecule has 1 heterocycles. The van der Waals surface area contributed by atoms with Crippen molar-refractivity contribution in [3.63, 3.8) is 0 Å². The van der Waals surface area contributed by atoms with Gasteiger partial charge in [0.2, 0.25) is 0 Å². The minimum Gasteiger partial charge on any atom is -0.362 e. The summed E-state index contributed by atoms with van der Waals surface area (Å²) in [5.74, 6) is 0. The Morgan fingerprint density at radius 2 is 2.57 bits per heavy atom. The molecule has 0 saturated carbocycles. The number of nitrogens with one attached hydrogen (secondary N) is 1. The van der Waals surface area contributed by atoms with E-state index in [-0.39, 0.29) is 0 Å². The molecular weight excluding hydrogens is 86.1 g/mol. The second-order valence-corrected chi connectivity index (χ2v) is 1.33. The normalized spacial score (nSPS) is 8.57. The van der Waals surface area contributed by atoms with Gasteiger partial charge in [-0.2, -0.15) is 0 Å². The van der Waals surface area contributed by atoms with Crippen molar-refractivity contribution in [2.45, 2.75) is 0 Å². The number of hydrogen-bond donors (Lipinski definition) is 1. The molecule has 1 nitrogen and oxygen atoms in total. The van der Waals surface area contributed by atoms with E-state index in [0.717, 1.165) is 5.69 Å². The third kappa shape index (κ3) is 0.712. The average molecular weight is 93.1 g/mol. The lowest BCUT2D eigenvalue weighted by molar-refractivity contribution is 1.38. The van der Waals surface area contributed by atoms with Gasteiger partial charge in [-0.25, -0.2) is 0 Å². The molecule has 0 radical (unpaired) electrons. The molecule has 0 saturated heterocycles. The average Bonchev–Trinajstić information content (AvgIpc) is 2.14. The largest absolute Gasteiger partial charge is 0.362 e. The summed E-state index contributed by atoms with van der Waals surface area (Å²) in [5.41, 5.74) is 1.07. The molecule has 0 atom stereocenters. The first kappa shape index (κ1) is 4.19. The molecule has 0 aromatic carbocycles. The van der Waals surface area contributed by atoms with Crippen LogP contribution in [-0.2, 0) is 0 Å². The number of hydrogen-bond acceptors (Lipinski definition) is 0. The van der Waals surface area contributed by atoms with Crippen LogP contribution >= 0.6 is 0 Å². The number of rotatable bonds is 1. The van der Waals surface area contributed by atoms with E-state index in [1.807, 2.05) is 18.3 Å². The molecule has 36 valence electrons. The molecule has 0 bridgehead atoms. The highest BCUT2D eigenvalue weighted by atomic mass is 14.7. The van der Waals surface area contributed by atoms with Crippen LogP contribution in [0.3, 0.4) is 0 Å². The lowest BCUT2D eigenvalue weighted by Crippen LogP contribution is -1.61. The Morgan fingerprint density at radius 3 is 2.86 bits per heavy atom. The fraction of sp³-hybridized carbons (Fsp3) is 0. The Balaban J connectivity index is 2.96. The Morgan fingerprint density at radius 1 is 1.71 bits per heavy atom. The Kier molecular flexibility index (Phi) is 0.984. The van der Waals surface area contributed by atoms with Crippen LogP contribution in [0.5, 0.6) is 0 Å². The molecule has 0 aliphatic carbocycles. The highest BCUT2D eigenvalue weighted by molar-refractivity contribution is 5.40. The molecule has 0 aliphatic heterocycles. The second kappa shape index (κ2) is 1.65. The van der Waals surface area contributed by atoms with Gasteiger partial charge in [-0.3, -0.25) is 0 Å². The lowest BCUT2D eigenvalue weighted by Gasteiger charge is -1.74. The van der Waals surface area contributed by atoms with Gasteiger partial charge < -0.3 is 4.98 Å². The molecule has 0 spiro atoms. The summed E-state index contributed by atoms with van der Waals surface area (Å²) < 4.78 is 0. The summed E-state index contributed by atoms with van der Waals surface area (Å²) in [4.78, 5) is 2.97. The number of aromatic amines is 1. The molecule has 1 aromatic heterocycles. The van der Waals surface area contributed by atoms with Crippen LogP contribution in [-0.4, -0.2) is 4.98 Å². The Labute approximate surface area is 42.7 Å². The van der Waals surface area contributed by atoms with Crippen molar-refractivity contribution in [3.05, 3.63) is 30.6 Å². The van der Waals surface area contributed by atoms with Crippen LogP contribution in [0.4, 0.5) is 0 Å². The van der Waals surface area contributed by atoms with Gasteiger partial charge in [0.15, 0.2) is 0 Å². The molecule has 0 aliphatic rings. The Hall–Kier alpha value is -0.980. The van der Waals surface area contributed by atoms with Crippen LogP contribution < -0.4 is 0 Å². The van der Waals surface area contributed by atoms with E-state index in [0.29, 0.717) is 0 Å². The molecule has 0 fully saturated rings. The van der Waals surface area contributed by atoms with Gasteiger partial charge in [0.25, 0.3) is 0 Å². The summed E-state index contributed by atoms with van der Waals surface area (Å²) in [6, 6.07) is 3.91. The minimum absolute atomic E-state index is 1.07. The van der Waals surface area contributed by atoms with Crippen molar-refractivity contribution in [2.75, 3.05) is 0 Å². The SMILES string of the molecule is C=Cc1ccc[nH]1. The first-order valence-corrected chi connectivity index (χ1v) is 2.19. The van der Waals surface area contributed by atoms with E-state index in [4.69, 9.17) is 0 Å². The van der Waals surface area contributed by atoms with Gasteiger partial charge in [0, 0.05) is 11.9 Å². The highest BCUT2D eigenvalue weighted by Gasteiger charge is 1.76. The molecular formula is C6H7N. The third-order valence-electron chi connectivity index (χ3n) is 0.842. The van der Waals surface area contributed by atoms with Crippen LogP contribution in [0.25, 0.3) is 6.08 Å². The van der Waals surface area contributed by atoms with Crippen LogP contribution in [0.1, 0.15) is 5.69 Å². The van der Waals surface area contributed by atoms with Crippen molar-refractivity contribution in [1.29, 1.82) is 0 Å². The predicted molar refractivity (Wildman–Crippen MR) is 30.9 cm³/mol. The zero-order valence-electron chi connectivity index (χ0n) is 4.02. The van der Waals surface area contributed by atoms with Gasteiger partial charge >= 0.3 is 0 Å². The van der Waals surface area contributed by atoms with Crippen molar-refractivity contribution in [1.82, 2.24) is 4.98 Å². The Bertz CT molecular complexity index is 139. The van der Waals surface area contributed by atoms with E-state index in [2.05, 4.69) is 11.6 Å². The maximum Gasteiger partial charge on any atom is 0.0374 e. The van der Waals surface area contributed by atoms with Crippen LogP contribution in [0.15, 0.2) is 24.9 Å². The first-order chi connectivity index (χ1) is 3.43. The molecule has 1 aromatic rings. The molecule has 0 unspecified atom stereocenters. The second-order valence-electron chi connectivity index (χ2n) is 1.33. The van der Waals surface area contributed by atoms with E-state index in [9.17, 15) is 0 Å². The summed E-state index contributed by atoms with van der Waals surface area (Å²) in [6.07, 6.45) is 3.65. The quantitative estimate of drug-likeness (QED) is 0.543.